The molecule has 2 fully saturated rings. The van der Waals surface area contributed by atoms with E-state index in [4.69, 9.17) is 14.2 Å². The van der Waals surface area contributed by atoms with Crippen LogP contribution >= 0.6 is 0 Å². The lowest BCUT2D eigenvalue weighted by molar-refractivity contribution is -0.179. The summed E-state index contributed by atoms with van der Waals surface area (Å²) in [7, 11) is 1.19. The molecule has 13 nitrogen and oxygen atoms in total. The van der Waals surface area contributed by atoms with Crippen LogP contribution in [0.25, 0.3) is 0 Å². The SMILES string of the molecule is COC(=O)[C@@H](NC(=O)N1C(=O)[C@@]2(c3ccccc31)[C@H](c1cccc(OCCO)c1)N1[C@H](c3ccccc3)[C@H](c3ccccc3)OC(=O)[C@H]1[C@@H]2C(=O)O)C(C)C. The Bertz CT molecular complexity index is 2110. The van der Waals surface area contributed by atoms with E-state index in [-0.39, 0.29) is 24.5 Å². The minimum absolute atomic E-state index is 0.0364. The molecule has 3 amide bonds. The molecule has 13 heteroatoms. The van der Waals surface area contributed by atoms with Gasteiger partial charge in [0.15, 0.2) is 0 Å². The average Bonchev–Trinajstić information content (AvgIpc) is 3.66. The molecule has 1 spiro atoms. The number of para-hydroxylation sites is 1. The molecule has 284 valence electrons. The van der Waals surface area contributed by atoms with Gasteiger partial charge in [-0.2, -0.15) is 0 Å². The number of morpholine rings is 1. The standard InChI is InChI=1S/C42H41N3O10/c1-24(2)32(38(49)53-3)43-41(52)44-30-20-11-10-19-29(30)42(40(44)51)31(37(47)48)34-39(50)55-35(26-15-8-5-9-16-26)33(25-13-6-4-7-14-25)45(34)36(42)27-17-12-18-28(23-27)54-22-21-46/h4-20,23-24,31-36,46H,21-22H2,1-3H3,(H,43,52)(H,47,48)/t31-,32+,33-,34-,35+,36+,42-/m1/s1. The number of cyclic esters (lactones) is 1. The summed E-state index contributed by atoms with van der Waals surface area (Å²) in [6, 6.07) is 25.8. The zero-order chi connectivity index (χ0) is 39.0. The lowest BCUT2D eigenvalue weighted by Crippen LogP contribution is -2.56. The number of imide groups is 1. The van der Waals surface area contributed by atoms with Crippen molar-refractivity contribution in [1.82, 2.24) is 10.2 Å². The van der Waals surface area contributed by atoms with Crippen molar-refractivity contribution < 1.29 is 48.4 Å². The molecule has 7 rings (SSSR count). The number of ether oxygens (including phenoxy) is 3. The van der Waals surface area contributed by atoms with Crippen molar-refractivity contribution in [2.75, 3.05) is 25.2 Å². The summed E-state index contributed by atoms with van der Waals surface area (Å²) in [5.41, 5.74) is -0.0398. The van der Waals surface area contributed by atoms with E-state index in [1.807, 2.05) is 60.7 Å². The molecular weight excluding hydrogens is 706 g/mol. The first kappa shape index (κ1) is 37.3. The number of aliphatic hydroxyl groups excluding tert-OH is 1. The topological polar surface area (TPSA) is 172 Å². The van der Waals surface area contributed by atoms with Crippen LogP contribution in [0.15, 0.2) is 109 Å². The molecule has 4 aromatic carbocycles. The van der Waals surface area contributed by atoms with Gasteiger partial charge in [-0.1, -0.05) is 105 Å². The summed E-state index contributed by atoms with van der Waals surface area (Å²) in [6.45, 7) is 3.11. The highest BCUT2D eigenvalue weighted by atomic mass is 16.6. The van der Waals surface area contributed by atoms with Crippen molar-refractivity contribution in [2.45, 2.75) is 49.5 Å². The summed E-state index contributed by atoms with van der Waals surface area (Å²) >= 11 is 0. The van der Waals surface area contributed by atoms with Crippen molar-refractivity contribution in [3.05, 3.63) is 131 Å². The van der Waals surface area contributed by atoms with E-state index >= 15 is 4.79 Å². The number of carboxylic acid groups (broad SMARTS) is 1. The molecule has 3 N–H and O–H groups in total. The average molecular weight is 748 g/mol. The molecule has 0 bridgehead atoms. The van der Waals surface area contributed by atoms with E-state index in [1.54, 1.807) is 61.2 Å². The number of amides is 3. The number of nitrogens with zero attached hydrogens (tertiary/aromatic N) is 2. The van der Waals surface area contributed by atoms with Crippen molar-refractivity contribution in [1.29, 1.82) is 0 Å². The predicted octanol–water partition coefficient (Wildman–Crippen LogP) is 4.72. The summed E-state index contributed by atoms with van der Waals surface area (Å²) in [5.74, 6) is -5.80. The Morgan fingerprint density at radius 2 is 1.49 bits per heavy atom. The first-order chi connectivity index (χ1) is 26.6. The van der Waals surface area contributed by atoms with Gasteiger partial charge in [0.1, 0.15) is 41.9 Å². The Morgan fingerprint density at radius 3 is 2.13 bits per heavy atom. The van der Waals surface area contributed by atoms with E-state index in [0.717, 1.165) is 4.90 Å². The number of rotatable bonds is 10. The monoisotopic (exact) mass is 747 g/mol. The van der Waals surface area contributed by atoms with Crippen LogP contribution in [0.4, 0.5) is 10.5 Å². The molecular formula is C42H41N3O10. The fourth-order valence-electron chi connectivity index (χ4n) is 8.60. The number of carbonyl (C=O) groups excluding carboxylic acids is 4. The third-order valence-electron chi connectivity index (χ3n) is 10.8. The van der Waals surface area contributed by atoms with Gasteiger partial charge in [-0.15, -0.1) is 0 Å². The molecule has 4 aromatic rings. The lowest BCUT2D eigenvalue weighted by Gasteiger charge is -2.46. The van der Waals surface area contributed by atoms with Crippen molar-refractivity contribution >= 4 is 35.5 Å². The van der Waals surface area contributed by atoms with Gasteiger partial charge in [0.05, 0.1) is 31.5 Å². The molecule has 0 aromatic heterocycles. The third-order valence-corrected chi connectivity index (χ3v) is 10.8. The van der Waals surface area contributed by atoms with Crippen LogP contribution in [-0.4, -0.2) is 77.4 Å². The zero-order valence-electron chi connectivity index (χ0n) is 30.4. The molecule has 0 aliphatic carbocycles. The number of aliphatic carboxylic acids is 1. The Hall–Kier alpha value is -6.05. The smallest absolute Gasteiger partial charge is 0.329 e. The minimum atomic E-state index is -2.11. The molecule has 2 saturated heterocycles. The zero-order valence-corrected chi connectivity index (χ0v) is 30.4. The second-order valence-electron chi connectivity index (χ2n) is 14.1. The van der Waals surface area contributed by atoms with Gasteiger partial charge in [0.25, 0.3) is 0 Å². The number of aliphatic hydroxyl groups is 1. The highest BCUT2D eigenvalue weighted by Crippen LogP contribution is 2.65. The molecule has 0 unspecified atom stereocenters. The van der Waals surface area contributed by atoms with Gasteiger partial charge < -0.3 is 29.7 Å². The number of anilines is 1. The number of methoxy groups -OCH3 is 1. The maximum absolute atomic E-state index is 15.7. The second kappa shape index (κ2) is 15.0. The molecule has 7 atom stereocenters. The Morgan fingerprint density at radius 1 is 0.855 bits per heavy atom. The lowest BCUT2D eigenvalue weighted by atomic mass is 9.65. The normalized spacial score (nSPS) is 24.9. The van der Waals surface area contributed by atoms with E-state index in [9.17, 15) is 29.4 Å². The Labute approximate surface area is 317 Å². The number of esters is 2. The van der Waals surface area contributed by atoms with Crippen LogP contribution in [-0.2, 0) is 34.1 Å². The maximum Gasteiger partial charge on any atom is 0.329 e. The Balaban J connectivity index is 1.52. The van der Waals surface area contributed by atoms with Gasteiger partial charge in [0, 0.05) is 0 Å². The van der Waals surface area contributed by atoms with E-state index in [0.29, 0.717) is 22.4 Å². The van der Waals surface area contributed by atoms with E-state index in [2.05, 4.69) is 5.32 Å². The van der Waals surface area contributed by atoms with E-state index < -0.39 is 77.4 Å². The van der Waals surface area contributed by atoms with Gasteiger partial charge in [-0.25, -0.2) is 14.5 Å². The fraction of sp³-hybridized carbons (Fsp3) is 0.310. The van der Waals surface area contributed by atoms with Crippen LogP contribution in [0, 0.1) is 11.8 Å². The highest BCUT2D eigenvalue weighted by Gasteiger charge is 2.76. The molecule has 0 radical (unpaired) electrons. The largest absolute Gasteiger partial charge is 0.491 e. The third kappa shape index (κ3) is 6.09. The number of fused-ring (bicyclic) bond motifs is 3. The predicted molar refractivity (Wildman–Crippen MR) is 198 cm³/mol. The molecule has 3 aliphatic rings. The van der Waals surface area contributed by atoms with Crippen molar-refractivity contribution in [2.24, 2.45) is 11.8 Å². The van der Waals surface area contributed by atoms with Crippen LogP contribution < -0.4 is 15.0 Å². The van der Waals surface area contributed by atoms with Gasteiger partial charge in [0.2, 0.25) is 5.91 Å². The molecule has 55 heavy (non-hydrogen) atoms. The van der Waals surface area contributed by atoms with Gasteiger partial charge in [-0.05, 0) is 46.4 Å². The van der Waals surface area contributed by atoms with Crippen LogP contribution in [0.2, 0.25) is 0 Å². The first-order valence-electron chi connectivity index (χ1n) is 18.0. The van der Waals surface area contributed by atoms with Crippen LogP contribution in [0.5, 0.6) is 5.75 Å². The summed E-state index contributed by atoms with van der Waals surface area (Å²) < 4.78 is 17.0. The van der Waals surface area contributed by atoms with Gasteiger partial charge >= 0.3 is 23.9 Å². The van der Waals surface area contributed by atoms with Crippen LogP contribution in [0.3, 0.4) is 0 Å². The number of benzene rings is 4. The summed E-state index contributed by atoms with van der Waals surface area (Å²) in [4.78, 5) is 74.0. The second-order valence-corrected chi connectivity index (χ2v) is 14.1. The molecule has 3 heterocycles. The maximum atomic E-state index is 15.7. The Kier molecular flexibility index (Phi) is 10.2. The first-order valence-corrected chi connectivity index (χ1v) is 18.0. The number of hydrogen-bond acceptors (Lipinski definition) is 10. The number of hydrogen-bond donors (Lipinski definition) is 3. The quantitative estimate of drug-likeness (QED) is 0.192. The van der Waals surface area contributed by atoms with E-state index in [1.165, 1.54) is 13.2 Å². The number of carboxylic acids is 1. The summed E-state index contributed by atoms with van der Waals surface area (Å²) in [6.07, 6.45) is -0.939. The molecule has 3 aliphatic heterocycles. The minimum Gasteiger partial charge on any atom is -0.491 e. The number of urea groups is 1. The van der Waals surface area contributed by atoms with Crippen molar-refractivity contribution in [3.8, 4) is 5.75 Å². The number of carbonyl (C=O) groups is 5. The molecule has 0 saturated carbocycles. The van der Waals surface area contributed by atoms with Crippen LogP contribution in [0.1, 0.15) is 54.3 Å². The van der Waals surface area contributed by atoms with Crippen molar-refractivity contribution in [3.63, 3.8) is 0 Å². The fourth-order valence-corrected chi connectivity index (χ4v) is 8.60. The highest BCUT2D eigenvalue weighted by molar-refractivity contribution is 6.24. The van der Waals surface area contributed by atoms with Gasteiger partial charge in [-0.3, -0.25) is 19.3 Å². The summed E-state index contributed by atoms with van der Waals surface area (Å²) in [5, 5.41) is 23.5. The number of nitrogens with one attached hydrogen (secondary N) is 1.